The van der Waals surface area contributed by atoms with Crippen LogP contribution >= 0.6 is 15.9 Å². The molecule has 0 atom stereocenters. The van der Waals surface area contributed by atoms with Gasteiger partial charge < -0.3 is 4.74 Å². The molecule has 0 bridgehead atoms. The van der Waals surface area contributed by atoms with Crippen LogP contribution in [-0.2, 0) is 0 Å². The number of fused-ring (bicyclic) bond motifs is 1. The van der Waals surface area contributed by atoms with Crippen molar-refractivity contribution in [3.8, 4) is 5.75 Å². The van der Waals surface area contributed by atoms with Gasteiger partial charge in [0.25, 0.3) is 0 Å². The molecule has 0 N–H and O–H groups in total. The average Bonchev–Trinajstić information content (AvgIpc) is 2.49. The molecule has 0 amide bonds. The van der Waals surface area contributed by atoms with E-state index in [1.54, 1.807) is 30.3 Å². The lowest BCUT2D eigenvalue weighted by molar-refractivity contribution is 0.0728. The summed E-state index contributed by atoms with van der Waals surface area (Å²) in [5.74, 6) is -0.0567. The molecule has 20 heavy (non-hydrogen) atoms. The quantitative estimate of drug-likeness (QED) is 0.532. The van der Waals surface area contributed by atoms with Gasteiger partial charge >= 0.3 is 5.97 Å². The van der Waals surface area contributed by atoms with Crippen molar-refractivity contribution in [2.75, 3.05) is 0 Å². The van der Waals surface area contributed by atoms with Crippen LogP contribution in [0, 0.1) is 0 Å². The third-order valence-electron chi connectivity index (χ3n) is 2.68. The average molecular weight is 329 g/mol. The van der Waals surface area contributed by atoms with Crippen LogP contribution in [0.3, 0.4) is 0 Å². The van der Waals surface area contributed by atoms with Crippen molar-refractivity contribution < 1.29 is 9.53 Å². The Balaban J connectivity index is 1.86. The van der Waals surface area contributed by atoms with Gasteiger partial charge in [0.15, 0.2) is 5.69 Å². The number of benzene rings is 2. The van der Waals surface area contributed by atoms with E-state index in [4.69, 9.17) is 4.74 Å². The molecule has 0 saturated carbocycles. The van der Waals surface area contributed by atoms with Gasteiger partial charge in [-0.15, -0.1) is 0 Å². The van der Waals surface area contributed by atoms with Crippen LogP contribution in [0.4, 0.5) is 0 Å². The molecule has 0 radical (unpaired) electrons. The highest BCUT2D eigenvalue weighted by Gasteiger charge is 2.11. The Kier molecular flexibility index (Phi) is 3.43. The van der Waals surface area contributed by atoms with E-state index in [0.29, 0.717) is 11.3 Å². The van der Waals surface area contributed by atoms with E-state index in [9.17, 15) is 4.79 Å². The lowest BCUT2D eigenvalue weighted by atomic mass is 10.3. The Morgan fingerprint density at radius 1 is 1.00 bits per heavy atom. The van der Waals surface area contributed by atoms with E-state index in [0.717, 1.165) is 9.99 Å². The number of halogens is 1. The van der Waals surface area contributed by atoms with E-state index in [-0.39, 0.29) is 5.69 Å². The highest BCUT2D eigenvalue weighted by molar-refractivity contribution is 9.10. The largest absolute Gasteiger partial charge is 0.422 e. The van der Waals surface area contributed by atoms with E-state index in [2.05, 4.69) is 25.9 Å². The normalized spacial score (nSPS) is 10.4. The first-order valence-corrected chi connectivity index (χ1v) is 6.71. The standard InChI is InChI=1S/C15H9BrN2O2/c16-10-5-7-11(8-6-10)20-15(19)14-9-17-12-3-1-2-4-13(12)18-14/h1-9H. The summed E-state index contributed by atoms with van der Waals surface area (Å²) in [6, 6.07) is 14.4. The molecular weight excluding hydrogens is 320 g/mol. The molecular formula is C15H9BrN2O2. The van der Waals surface area contributed by atoms with Crippen LogP contribution in [0.2, 0.25) is 0 Å². The second kappa shape index (κ2) is 5.38. The van der Waals surface area contributed by atoms with Crippen LogP contribution in [0.25, 0.3) is 11.0 Å². The highest BCUT2D eigenvalue weighted by atomic mass is 79.9. The molecule has 1 aromatic heterocycles. The van der Waals surface area contributed by atoms with Gasteiger partial charge in [-0.25, -0.2) is 9.78 Å². The van der Waals surface area contributed by atoms with Crippen LogP contribution in [-0.4, -0.2) is 15.9 Å². The molecule has 0 aliphatic carbocycles. The molecule has 0 saturated heterocycles. The van der Waals surface area contributed by atoms with Crippen LogP contribution < -0.4 is 4.74 Å². The summed E-state index contributed by atoms with van der Waals surface area (Å²) in [5, 5.41) is 0. The molecule has 0 aliphatic heterocycles. The minimum Gasteiger partial charge on any atom is -0.422 e. The first-order valence-electron chi connectivity index (χ1n) is 5.92. The lowest BCUT2D eigenvalue weighted by Crippen LogP contribution is -2.11. The van der Waals surface area contributed by atoms with Crippen molar-refractivity contribution in [3.05, 3.63) is 64.9 Å². The minimum absolute atomic E-state index is 0.187. The minimum atomic E-state index is -0.523. The third-order valence-corrected chi connectivity index (χ3v) is 3.21. The number of para-hydroxylation sites is 2. The van der Waals surface area contributed by atoms with Crippen LogP contribution in [0.15, 0.2) is 59.2 Å². The Morgan fingerprint density at radius 3 is 2.45 bits per heavy atom. The maximum Gasteiger partial charge on any atom is 0.363 e. The van der Waals surface area contributed by atoms with Crippen molar-refractivity contribution in [1.82, 2.24) is 9.97 Å². The zero-order valence-corrected chi connectivity index (χ0v) is 11.9. The van der Waals surface area contributed by atoms with Gasteiger partial charge in [0, 0.05) is 4.47 Å². The van der Waals surface area contributed by atoms with Gasteiger partial charge in [0.2, 0.25) is 0 Å². The van der Waals surface area contributed by atoms with Crippen molar-refractivity contribution in [2.45, 2.75) is 0 Å². The molecule has 5 heteroatoms. The first kappa shape index (κ1) is 12.7. The SMILES string of the molecule is O=C(Oc1ccc(Br)cc1)c1cnc2ccccc2n1. The van der Waals surface area contributed by atoms with Gasteiger partial charge in [-0.1, -0.05) is 28.1 Å². The maximum absolute atomic E-state index is 12.0. The summed E-state index contributed by atoms with van der Waals surface area (Å²) in [6.45, 7) is 0. The smallest absolute Gasteiger partial charge is 0.363 e. The monoisotopic (exact) mass is 328 g/mol. The van der Waals surface area contributed by atoms with E-state index in [1.165, 1.54) is 6.20 Å². The van der Waals surface area contributed by atoms with Crippen molar-refractivity contribution in [1.29, 1.82) is 0 Å². The van der Waals surface area contributed by atoms with Gasteiger partial charge in [-0.2, -0.15) is 0 Å². The Morgan fingerprint density at radius 2 is 1.70 bits per heavy atom. The van der Waals surface area contributed by atoms with E-state index >= 15 is 0 Å². The second-order valence-corrected chi connectivity index (χ2v) is 5.00. The van der Waals surface area contributed by atoms with Crippen molar-refractivity contribution in [3.63, 3.8) is 0 Å². The zero-order valence-electron chi connectivity index (χ0n) is 10.3. The number of aromatic nitrogens is 2. The molecule has 0 aliphatic rings. The highest BCUT2D eigenvalue weighted by Crippen LogP contribution is 2.17. The fourth-order valence-corrected chi connectivity index (χ4v) is 1.98. The summed E-state index contributed by atoms with van der Waals surface area (Å²) >= 11 is 3.32. The van der Waals surface area contributed by atoms with Crippen molar-refractivity contribution >= 4 is 32.9 Å². The Bertz CT molecular complexity index is 772. The molecule has 1 heterocycles. The molecule has 0 unspecified atom stereocenters. The first-order chi connectivity index (χ1) is 9.72. The summed E-state index contributed by atoms with van der Waals surface area (Å²) in [5.41, 5.74) is 1.59. The molecule has 98 valence electrons. The fraction of sp³-hybridized carbons (Fsp3) is 0. The molecule has 0 fully saturated rings. The zero-order chi connectivity index (χ0) is 13.9. The Hall–Kier alpha value is -2.27. The molecule has 3 aromatic rings. The van der Waals surface area contributed by atoms with Gasteiger partial charge in [-0.3, -0.25) is 4.98 Å². The van der Waals surface area contributed by atoms with Crippen LogP contribution in [0.1, 0.15) is 10.5 Å². The number of rotatable bonds is 2. The molecule has 0 spiro atoms. The molecule has 3 rings (SSSR count). The molecule has 4 nitrogen and oxygen atoms in total. The summed E-state index contributed by atoms with van der Waals surface area (Å²) in [7, 11) is 0. The summed E-state index contributed by atoms with van der Waals surface area (Å²) in [6.07, 6.45) is 1.42. The topological polar surface area (TPSA) is 52.1 Å². The Labute approximate surface area is 123 Å². The fourth-order valence-electron chi connectivity index (χ4n) is 1.72. The van der Waals surface area contributed by atoms with E-state index in [1.807, 2.05) is 18.2 Å². The van der Waals surface area contributed by atoms with Crippen molar-refractivity contribution in [2.24, 2.45) is 0 Å². The van der Waals surface area contributed by atoms with Crippen LogP contribution in [0.5, 0.6) is 5.75 Å². The number of nitrogens with zero attached hydrogens (tertiary/aromatic N) is 2. The number of ether oxygens (including phenoxy) is 1. The summed E-state index contributed by atoms with van der Waals surface area (Å²) in [4.78, 5) is 20.4. The third kappa shape index (κ3) is 2.67. The number of esters is 1. The van der Waals surface area contributed by atoms with Gasteiger partial charge in [-0.05, 0) is 36.4 Å². The second-order valence-electron chi connectivity index (χ2n) is 4.09. The number of hydrogen-bond donors (Lipinski definition) is 0. The molecule has 2 aromatic carbocycles. The predicted molar refractivity (Wildman–Crippen MR) is 78.6 cm³/mol. The van der Waals surface area contributed by atoms with Gasteiger partial charge in [0.1, 0.15) is 5.75 Å². The number of hydrogen-bond acceptors (Lipinski definition) is 4. The lowest BCUT2D eigenvalue weighted by Gasteiger charge is -2.04. The van der Waals surface area contributed by atoms with E-state index < -0.39 is 5.97 Å². The number of carbonyl (C=O) groups is 1. The summed E-state index contributed by atoms with van der Waals surface area (Å²) < 4.78 is 6.16. The van der Waals surface area contributed by atoms with Gasteiger partial charge in [0.05, 0.1) is 17.2 Å². The maximum atomic E-state index is 12.0. The predicted octanol–water partition coefficient (Wildman–Crippen LogP) is 3.61. The number of carbonyl (C=O) groups excluding carboxylic acids is 1.